The van der Waals surface area contributed by atoms with Gasteiger partial charge in [0.2, 0.25) is 5.91 Å². The summed E-state index contributed by atoms with van der Waals surface area (Å²) < 4.78 is 30.6. The Morgan fingerprint density at radius 1 is 0.507 bits per heavy atom. The van der Waals surface area contributed by atoms with E-state index in [2.05, 4.69) is 99.0 Å². The highest BCUT2D eigenvalue weighted by Crippen LogP contribution is 2.43. The predicted octanol–water partition coefficient (Wildman–Crippen LogP) is 17.4. The summed E-state index contributed by atoms with van der Waals surface area (Å²) in [4.78, 5) is 37.5. The molecule has 410 valence electrons. The van der Waals surface area contributed by atoms with Gasteiger partial charge in [-0.2, -0.15) is 0 Å². The van der Waals surface area contributed by atoms with Crippen molar-refractivity contribution in [3.05, 3.63) is 85.1 Å². The van der Waals surface area contributed by atoms with E-state index in [0.29, 0.717) is 23.9 Å². The van der Waals surface area contributed by atoms with Crippen LogP contribution >= 0.6 is 7.82 Å². The molecule has 0 aromatic heterocycles. The van der Waals surface area contributed by atoms with Crippen LogP contribution in [0.1, 0.15) is 239 Å². The molecule has 0 fully saturated rings. The average molecular weight is 1010 g/mol. The summed E-state index contributed by atoms with van der Waals surface area (Å²) in [5.74, 6) is -0.550. The fourth-order valence-electron chi connectivity index (χ4n) is 7.84. The second-order valence-corrected chi connectivity index (χ2v) is 21.9. The molecular formula is C61H110N2O7P+. The minimum Gasteiger partial charge on any atom is -0.456 e. The van der Waals surface area contributed by atoms with E-state index in [0.717, 1.165) is 116 Å². The van der Waals surface area contributed by atoms with Gasteiger partial charge in [0.05, 0.1) is 33.8 Å². The van der Waals surface area contributed by atoms with Crippen molar-refractivity contribution in [1.29, 1.82) is 0 Å². The van der Waals surface area contributed by atoms with Crippen molar-refractivity contribution in [2.45, 2.75) is 251 Å². The Balaban J connectivity index is 5.32. The normalized spacial score (nSPS) is 14.4. The zero-order chi connectivity index (χ0) is 52.2. The molecule has 0 aromatic carbocycles. The van der Waals surface area contributed by atoms with E-state index in [1.165, 1.54) is 83.5 Å². The third kappa shape index (κ3) is 51.9. The van der Waals surface area contributed by atoms with E-state index in [9.17, 15) is 19.0 Å². The highest BCUT2D eigenvalue weighted by molar-refractivity contribution is 7.47. The van der Waals surface area contributed by atoms with Crippen molar-refractivity contribution in [2.24, 2.45) is 0 Å². The monoisotopic (exact) mass is 1010 g/mol. The van der Waals surface area contributed by atoms with Crippen LogP contribution in [-0.2, 0) is 27.9 Å². The summed E-state index contributed by atoms with van der Waals surface area (Å²) in [5, 5.41) is 3.03. The maximum Gasteiger partial charge on any atom is 0.472 e. The van der Waals surface area contributed by atoms with Crippen LogP contribution in [0.3, 0.4) is 0 Å². The highest BCUT2D eigenvalue weighted by atomic mass is 31.2. The SMILES string of the molecule is CC/C=C\C/C=C\C/C=C\C/C=C\C/C=C\CCCCCCCC(=O)NC(COP(=O)(O)OCC[N+](C)(C)C)C(/C=C\CCCCCCCCCCC)OC(=O)CCCCC/C=C\CCCCCCCC. The topological polar surface area (TPSA) is 111 Å². The van der Waals surface area contributed by atoms with E-state index in [4.69, 9.17) is 13.8 Å². The summed E-state index contributed by atoms with van der Waals surface area (Å²) in [7, 11) is 1.46. The molecule has 0 aliphatic carbocycles. The first-order valence-corrected chi connectivity index (χ1v) is 30.4. The molecule has 3 atom stereocenters. The molecule has 0 saturated heterocycles. The first kappa shape index (κ1) is 68.2. The number of quaternary nitrogens is 1. The van der Waals surface area contributed by atoms with E-state index < -0.39 is 20.0 Å². The lowest BCUT2D eigenvalue weighted by molar-refractivity contribution is -0.870. The largest absolute Gasteiger partial charge is 0.472 e. The fraction of sp³-hybridized carbons (Fsp3) is 0.738. The number of ether oxygens (including phenoxy) is 1. The maximum absolute atomic E-state index is 13.5. The van der Waals surface area contributed by atoms with Gasteiger partial charge in [-0.25, -0.2) is 4.57 Å². The minimum atomic E-state index is -4.45. The molecule has 2 N–H and O–H groups in total. The number of allylic oxidation sites excluding steroid dienone is 13. The number of amides is 1. The molecule has 0 saturated carbocycles. The Morgan fingerprint density at radius 3 is 1.38 bits per heavy atom. The molecule has 0 aliphatic rings. The van der Waals surface area contributed by atoms with Gasteiger partial charge in [-0.1, -0.05) is 209 Å². The number of carbonyl (C=O) groups is 2. The van der Waals surface area contributed by atoms with Crippen molar-refractivity contribution in [2.75, 3.05) is 40.9 Å². The summed E-state index contributed by atoms with van der Waals surface area (Å²) in [5.41, 5.74) is 0. The van der Waals surface area contributed by atoms with Gasteiger partial charge >= 0.3 is 13.8 Å². The molecule has 10 heteroatoms. The van der Waals surface area contributed by atoms with Crippen LogP contribution in [0.4, 0.5) is 0 Å². The lowest BCUT2D eigenvalue weighted by atomic mass is 10.1. The Kier molecular flexibility index (Phi) is 48.7. The van der Waals surface area contributed by atoms with Crippen molar-refractivity contribution in [3.8, 4) is 0 Å². The van der Waals surface area contributed by atoms with Crippen LogP contribution in [-0.4, -0.2) is 74.3 Å². The summed E-state index contributed by atoms with van der Waals surface area (Å²) in [6.07, 6.45) is 65.8. The average Bonchev–Trinajstić information content (AvgIpc) is 3.33. The number of phosphoric acid groups is 1. The van der Waals surface area contributed by atoms with Gasteiger partial charge in [0.1, 0.15) is 19.3 Å². The third-order valence-electron chi connectivity index (χ3n) is 12.3. The molecule has 0 aliphatic heterocycles. The number of unbranched alkanes of at least 4 members (excludes halogenated alkanes) is 23. The standard InChI is InChI=1S/C61H109N2O7P/c1-7-10-13-16-19-22-25-27-28-29-30-31-32-33-34-36-38-41-44-47-50-53-60(64)62-58(57-69-71(66,67)68-56-55-63(4,5)6)59(52-49-46-43-40-37-24-21-18-15-12-9-3)70-61(65)54-51-48-45-42-39-35-26-23-20-17-14-11-8-2/h10,13,19,22,27-28,30-31,33-35,39,49,52,58-59H,7-9,11-12,14-18,20-21,23-26,29,32,36-38,40-48,50-51,53-57H2,1-6H3,(H-,62,64,66,67)/p+1/b13-10-,22-19-,28-27-,31-30-,34-33-,39-35-,52-49-. The quantitative estimate of drug-likeness (QED) is 0.0205. The first-order chi connectivity index (χ1) is 34.4. The summed E-state index contributed by atoms with van der Waals surface area (Å²) >= 11 is 0. The van der Waals surface area contributed by atoms with Gasteiger partial charge in [0.15, 0.2) is 0 Å². The molecule has 71 heavy (non-hydrogen) atoms. The van der Waals surface area contributed by atoms with Gasteiger partial charge in [0, 0.05) is 12.8 Å². The maximum atomic E-state index is 13.5. The molecule has 0 rings (SSSR count). The number of rotatable bonds is 51. The van der Waals surface area contributed by atoms with Crippen LogP contribution in [0.2, 0.25) is 0 Å². The Hall–Kier alpha value is -2.81. The molecule has 0 aromatic rings. The van der Waals surface area contributed by atoms with E-state index in [1.807, 2.05) is 33.3 Å². The van der Waals surface area contributed by atoms with Gasteiger partial charge in [-0.3, -0.25) is 18.6 Å². The molecule has 0 spiro atoms. The molecule has 0 heterocycles. The number of nitrogens with zero attached hydrogens (tertiary/aromatic N) is 1. The zero-order valence-corrected chi connectivity index (χ0v) is 47.6. The highest BCUT2D eigenvalue weighted by Gasteiger charge is 2.30. The third-order valence-corrected chi connectivity index (χ3v) is 13.3. The number of nitrogens with one attached hydrogen (secondary N) is 1. The number of hydrogen-bond donors (Lipinski definition) is 2. The predicted molar refractivity (Wildman–Crippen MR) is 304 cm³/mol. The van der Waals surface area contributed by atoms with Crippen LogP contribution in [0.25, 0.3) is 0 Å². The van der Waals surface area contributed by atoms with Gasteiger partial charge in [0.25, 0.3) is 0 Å². The molecule has 0 bridgehead atoms. The molecule has 1 amide bonds. The van der Waals surface area contributed by atoms with Gasteiger partial charge in [-0.05, 0) is 102 Å². The van der Waals surface area contributed by atoms with Crippen LogP contribution in [0, 0.1) is 0 Å². The molecule has 9 nitrogen and oxygen atoms in total. The number of hydrogen-bond acceptors (Lipinski definition) is 6. The second-order valence-electron chi connectivity index (χ2n) is 20.4. The van der Waals surface area contributed by atoms with Crippen LogP contribution < -0.4 is 5.32 Å². The van der Waals surface area contributed by atoms with Crippen LogP contribution in [0.5, 0.6) is 0 Å². The Bertz CT molecular complexity index is 1490. The fourth-order valence-corrected chi connectivity index (χ4v) is 8.58. The lowest BCUT2D eigenvalue weighted by Crippen LogP contribution is -2.47. The number of likely N-dealkylation sites (N-methyl/N-ethyl adjacent to an activating group) is 1. The summed E-state index contributed by atoms with van der Waals surface area (Å²) in [6.45, 7) is 6.84. The molecular weight excluding hydrogens is 904 g/mol. The van der Waals surface area contributed by atoms with Crippen molar-refractivity contribution >= 4 is 19.7 Å². The lowest BCUT2D eigenvalue weighted by Gasteiger charge is -2.27. The van der Waals surface area contributed by atoms with E-state index >= 15 is 0 Å². The Labute approximate surface area is 437 Å². The zero-order valence-electron chi connectivity index (χ0n) is 46.7. The van der Waals surface area contributed by atoms with Crippen molar-refractivity contribution in [3.63, 3.8) is 0 Å². The second kappa shape index (κ2) is 50.7. The van der Waals surface area contributed by atoms with Gasteiger partial charge < -0.3 is 19.4 Å². The minimum absolute atomic E-state index is 0.0304. The smallest absolute Gasteiger partial charge is 0.456 e. The first-order valence-electron chi connectivity index (χ1n) is 28.9. The van der Waals surface area contributed by atoms with Crippen molar-refractivity contribution in [1.82, 2.24) is 5.32 Å². The van der Waals surface area contributed by atoms with E-state index in [-0.39, 0.29) is 31.5 Å². The molecule has 0 radical (unpaired) electrons. The summed E-state index contributed by atoms with van der Waals surface area (Å²) in [6, 6.07) is -0.867. The number of esters is 1. The van der Waals surface area contributed by atoms with Gasteiger partial charge in [-0.15, -0.1) is 0 Å². The van der Waals surface area contributed by atoms with Crippen LogP contribution in [0.15, 0.2) is 85.1 Å². The van der Waals surface area contributed by atoms with Crippen molar-refractivity contribution < 1.29 is 37.3 Å². The number of carbonyl (C=O) groups excluding carboxylic acids is 2. The van der Waals surface area contributed by atoms with E-state index in [1.54, 1.807) is 0 Å². The number of phosphoric ester groups is 1. The molecule has 3 unspecified atom stereocenters. The Morgan fingerprint density at radius 2 is 0.901 bits per heavy atom.